The molecule has 0 saturated heterocycles. The predicted molar refractivity (Wildman–Crippen MR) is 73.9 cm³/mol. The quantitative estimate of drug-likeness (QED) is 0.740. The molecule has 20 heavy (non-hydrogen) atoms. The predicted octanol–water partition coefficient (Wildman–Crippen LogP) is 2.39. The average Bonchev–Trinajstić information content (AvgIpc) is 2.97. The zero-order valence-electron chi connectivity index (χ0n) is 10.6. The minimum Gasteiger partial charge on any atom is -0.467 e. The second-order valence-corrected chi connectivity index (χ2v) is 4.22. The topological polar surface area (TPSA) is 65.7 Å². The van der Waals surface area contributed by atoms with Gasteiger partial charge in [0.1, 0.15) is 5.69 Å². The molecule has 3 rings (SSSR count). The number of nitrogens with zero attached hydrogens (tertiary/aromatic N) is 5. The number of hydrogen-bond donors (Lipinski definition) is 0. The van der Waals surface area contributed by atoms with Gasteiger partial charge in [-0.2, -0.15) is 20.1 Å². The zero-order valence-corrected chi connectivity index (χ0v) is 11.3. The molecule has 0 aliphatic rings. The molecule has 0 fully saturated rings. The maximum atomic E-state index is 5.87. The van der Waals surface area contributed by atoms with Gasteiger partial charge in [-0.25, -0.2) is 4.68 Å². The maximum Gasteiger partial charge on any atom is 0.321 e. The van der Waals surface area contributed by atoms with E-state index in [0.29, 0.717) is 11.5 Å². The molecule has 2 heterocycles. The van der Waals surface area contributed by atoms with Crippen LogP contribution >= 0.6 is 11.6 Å². The highest BCUT2D eigenvalue weighted by Gasteiger charge is 2.13. The lowest BCUT2D eigenvalue weighted by molar-refractivity contribution is 0.378. The Hall–Kier alpha value is -2.47. The number of para-hydroxylation sites is 1. The molecule has 0 unspecified atom stereocenters. The smallest absolute Gasteiger partial charge is 0.321 e. The monoisotopic (exact) mass is 287 g/mol. The number of methoxy groups -OCH3 is 1. The summed E-state index contributed by atoms with van der Waals surface area (Å²) in [6, 6.07) is 11.7. The second kappa shape index (κ2) is 5.26. The first-order valence-electron chi connectivity index (χ1n) is 5.83. The number of benzene rings is 1. The maximum absolute atomic E-state index is 5.87. The lowest BCUT2D eigenvalue weighted by Gasteiger charge is -2.07. The third-order valence-corrected chi connectivity index (χ3v) is 2.81. The molecule has 0 amide bonds. The van der Waals surface area contributed by atoms with Crippen molar-refractivity contribution in [3.05, 3.63) is 47.9 Å². The van der Waals surface area contributed by atoms with Crippen molar-refractivity contribution in [2.45, 2.75) is 0 Å². The van der Waals surface area contributed by atoms with Gasteiger partial charge in [-0.3, -0.25) is 0 Å². The summed E-state index contributed by atoms with van der Waals surface area (Å²) < 4.78 is 6.73. The van der Waals surface area contributed by atoms with Gasteiger partial charge in [0.05, 0.1) is 19.0 Å². The first kappa shape index (κ1) is 12.6. The van der Waals surface area contributed by atoms with Crippen molar-refractivity contribution in [3.8, 4) is 23.2 Å². The fraction of sp³-hybridized carbons (Fsp3) is 0.0769. The molecule has 2 aromatic heterocycles. The molecule has 0 aliphatic heterocycles. The molecular weight excluding hydrogens is 278 g/mol. The number of halogens is 1. The van der Waals surface area contributed by atoms with Gasteiger partial charge in [0.15, 0.2) is 5.82 Å². The Balaban J connectivity index is 2.13. The zero-order chi connectivity index (χ0) is 13.9. The van der Waals surface area contributed by atoms with Gasteiger partial charge in [0.25, 0.3) is 0 Å². The summed E-state index contributed by atoms with van der Waals surface area (Å²) in [7, 11) is 1.48. The first-order valence-corrected chi connectivity index (χ1v) is 6.21. The average molecular weight is 288 g/mol. The Morgan fingerprint density at radius 3 is 2.60 bits per heavy atom. The number of rotatable bonds is 3. The summed E-state index contributed by atoms with van der Waals surface area (Å²) >= 11 is 5.87. The second-order valence-electron chi connectivity index (χ2n) is 3.88. The van der Waals surface area contributed by atoms with Gasteiger partial charge in [0.2, 0.25) is 5.28 Å². The number of ether oxygens (including phenoxy) is 1. The molecule has 0 aliphatic carbocycles. The van der Waals surface area contributed by atoms with E-state index in [1.54, 1.807) is 16.9 Å². The Morgan fingerprint density at radius 1 is 1.05 bits per heavy atom. The molecule has 0 saturated carbocycles. The van der Waals surface area contributed by atoms with Gasteiger partial charge in [0, 0.05) is 0 Å². The Kier molecular flexibility index (Phi) is 3.30. The number of hydrogen-bond acceptors (Lipinski definition) is 5. The minimum atomic E-state index is 0.0765. The van der Waals surface area contributed by atoms with Crippen molar-refractivity contribution in [3.63, 3.8) is 0 Å². The summed E-state index contributed by atoms with van der Waals surface area (Å²) in [6.07, 6.45) is 1.67. The molecule has 0 atom stereocenters. The summed E-state index contributed by atoms with van der Waals surface area (Å²) in [5, 5.41) is 4.36. The van der Waals surface area contributed by atoms with Gasteiger partial charge in [-0.1, -0.05) is 18.2 Å². The molecule has 3 aromatic rings. The van der Waals surface area contributed by atoms with E-state index in [0.717, 1.165) is 5.69 Å². The van der Waals surface area contributed by atoms with Crippen LogP contribution < -0.4 is 4.74 Å². The largest absolute Gasteiger partial charge is 0.467 e. The molecule has 0 radical (unpaired) electrons. The van der Waals surface area contributed by atoms with Gasteiger partial charge in [-0.05, 0) is 29.8 Å². The van der Waals surface area contributed by atoms with Crippen LogP contribution in [0, 0.1) is 0 Å². The summed E-state index contributed by atoms with van der Waals surface area (Å²) in [4.78, 5) is 12.2. The Labute approximate surface area is 120 Å². The standard InChI is InChI=1S/C13H10ClN5O/c1-20-13-17-11(16-12(14)18-13)10-7-8-15-19(10)9-5-3-2-4-6-9/h2-8H,1H3. The van der Waals surface area contributed by atoms with E-state index in [2.05, 4.69) is 20.1 Å². The Morgan fingerprint density at radius 2 is 1.85 bits per heavy atom. The third-order valence-electron chi connectivity index (χ3n) is 2.64. The first-order chi connectivity index (χ1) is 9.78. The van der Waals surface area contributed by atoms with Crippen LogP contribution in [-0.2, 0) is 0 Å². The molecule has 7 heteroatoms. The summed E-state index contributed by atoms with van der Waals surface area (Å²) in [5.41, 5.74) is 1.61. The van der Waals surface area contributed by atoms with Crippen molar-refractivity contribution in [2.24, 2.45) is 0 Å². The highest BCUT2D eigenvalue weighted by atomic mass is 35.5. The van der Waals surface area contributed by atoms with E-state index in [1.165, 1.54) is 7.11 Å². The van der Waals surface area contributed by atoms with E-state index in [9.17, 15) is 0 Å². The van der Waals surface area contributed by atoms with Crippen molar-refractivity contribution in [2.75, 3.05) is 7.11 Å². The SMILES string of the molecule is COc1nc(Cl)nc(-c2ccnn2-c2ccccc2)n1. The third kappa shape index (κ3) is 2.33. The van der Waals surface area contributed by atoms with E-state index in [1.807, 2.05) is 30.3 Å². The van der Waals surface area contributed by atoms with Crippen LogP contribution in [0.15, 0.2) is 42.6 Å². The van der Waals surface area contributed by atoms with E-state index in [4.69, 9.17) is 16.3 Å². The van der Waals surface area contributed by atoms with Gasteiger partial charge >= 0.3 is 6.01 Å². The van der Waals surface area contributed by atoms with Crippen molar-refractivity contribution in [1.82, 2.24) is 24.7 Å². The van der Waals surface area contributed by atoms with Crippen LogP contribution in [0.5, 0.6) is 6.01 Å². The normalized spacial score (nSPS) is 10.5. The molecule has 0 spiro atoms. The van der Waals surface area contributed by atoms with E-state index >= 15 is 0 Å². The minimum absolute atomic E-state index is 0.0765. The van der Waals surface area contributed by atoms with Crippen molar-refractivity contribution < 1.29 is 4.74 Å². The molecule has 6 nitrogen and oxygen atoms in total. The highest BCUT2D eigenvalue weighted by molar-refractivity contribution is 6.28. The van der Waals surface area contributed by atoms with Crippen LogP contribution in [0.3, 0.4) is 0 Å². The lowest BCUT2D eigenvalue weighted by atomic mass is 10.3. The van der Waals surface area contributed by atoms with Gasteiger partial charge in [-0.15, -0.1) is 0 Å². The molecule has 0 N–H and O–H groups in total. The Bertz CT molecular complexity index is 729. The fourth-order valence-electron chi connectivity index (χ4n) is 1.79. The van der Waals surface area contributed by atoms with Crippen LogP contribution in [-0.4, -0.2) is 31.8 Å². The van der Waals surface area contributed by atoms with E-state index < -0.39 is 0 Å². The van der Waals surface area contributed by atoms with Crippen LogP contribution in [0.2, 0.25) is 5.28 Å². The molecule has 1 aromatic carbocycles. The number of aromatic nitrogens is 5. The molecule has 0 bridgehead atoms. The van der Waals surface area contributed by atoms with E-state index in [-0.39, 0.29) is 11.3 Å². The van der Waals surface area contributed by atoms with Crippen molar-refractivity contribution >= 4 is 11.6 Å². The highest BCUT2D eigenvalue weighted by Crippen LogP contribution is 2.21. The molecular formula is C13H10ClN5O. The van der Waals surface area contributed by atoms with Crippen LogP contribution in [0.4, 0.5) is 0 Å². The van der Waals surface area contributed by atoms with Crippen molar-refractivity contribution in [1.29, 1.82) is 0 Å². The van der Waals surface area contributed by atoms with Crippen LogP contribution in [0.1, 0.15) is 0 Å². The molecule has 100 valence electrons. The van der Waals surface area contributed by atoms with Crippen LogP contribution in [0.25, 0.3) is 17.2 Å². The fourth-order valence-corrected chi connectivity index (χ4v) is 1.94. The van der Waals surface area contributed by atoms with Gasteiger partial charge < -0.3 is 4.74 Å². The lowest BCUT2D eigenvalue weighted by Crippen LogP contribution is -2.03. The summed E-state index contributed by atoms with van der Waals surface area (Å²) in [6.45, 7) is 0. The summed E-state index contributed by atoms with van der Waals surface area (Å²) in [5.74, 6) is 0.406.